The van der Waals surface area contributed by atoms with E-state index in [-0.39, 0.29) is 17.9 Å². The van der Waals surface area contributed by atoms with E-state index in [1.165, 1.54) is 0 Å². The van der Waals surface area contributed by atoms with E-state index in [9.17, 15) is 9.59 Å². The van der Waals surface area contributed by atoms with E-state index in [2.05, 4.69) is 6.92 Å². The van der Waals surface area contributed by atoms with Gasteiger partial charge in [0.2, 0.25) is 5.91 Å². The third kappa shape index (κ3) is 1.72. The fourth-order valence-electron chi connectivity index (χ4n) is 2.59. The van der Waals surface area contributed by atoms with Crippen LogP contribution in [0, 0.1) is 5.92 Å². The van der Waals surface area contributed by atoms with Crippen molar-refractivity contribution < 1.29 is 14.3 Å². The Morgan fingerprint density at radius 2 is 2.25 bits per heavy atom. The van der Waals surface area contributed by atoms with Gasteiger partial charge in [-0.1, -0.05) is 6.92 Å². The summed E-state index contributed by atoms with van der Waals surface area (Å²) in [6, 6.07) is 0.427. The van der Waals surface area contributed by atoms with Gasteiger partial charge in [-0.15, -0.1) is 0 Å². The highest BCUT2D eigenvalue weighted by Crippen LogP contribution is 2.42. The maximum absolute atomic E-state index is 11.6. The SMILES string of the molecule is CCOC(=O)C1=CC2[C@@H]([C@@H](C)C1)N2C(C)=O. The zero-order valence-electron chi connectivity index (χ0n) is 9.90. The Labute approximate surface area is 95.2 Å². The molecule has 1 unspecified atom stereocenters. The van der Waals surface area contributed by atoms with Crippen LogP contribution in [0.3, 0.4) is 0 Å². The van der Waals surface area contributed by atoms with Crippen molar-refractivity contribution in [3.8, 4) is 0 Å². The summed E-state index contributed by atoms with van der Waals surface area (Å²) in [5.74, 6) is 0.199. The molecular formula is C12H17NO3. The van der Waals surface area contributed by atoms with Crippen molar-refractivity contribution >= 4 is 11.9 Å². The minimum absolute atomic E-state index is 0.0863. The number of esters is 1. The second-order valence-corrected chi connectivity index (χ2v) is 4.50. The van der Waals surface area contributed by atoms with Crippen LogP contribution >= 0.6 is 0 Å². The predicted molar refractivity (Wildman–Crippen MR) is 58.6 cm³/mol. The van der Waals surface area contributed by atoms with Crippen molar-refractivity contribution in [2.75, 3.05) is 6.61 Å². The number of hydrogen-bond donors (Lipinski definition) is 0. The van der Waals surface area contributed by atoms with Gasteiger partial charge in [-0.05, 0) is 25.3 Å². The summed E-state index contributed by atoms with van der Waals surface area (Å²) < 4.78 is 4.98. The molecule has 0 N–H and O–H groups in total. The van der Waals surface area contributed by atoms with Crippen molar-refractivity contribution in [2.24, 2.45) is 5.92 Å². The van der Waals surface area contributed by atoms with Crippen molar-refractivity contribution in [1.82, 2.24) is 4.90 Å². The highest BCUT2D eigenvalue weighted by Gasteiger charge is 2.53. The van der Waals surface area contributed by atoms with Crippen molar-refractivity contribution in [1.29, 1.82) is 0 Å². The first-order valence-corrected chi connectivity index (χ1v) is 5.73. The molecule has 0 aromatic heterocycles. The van der Waals surface area contributed by atoms with E-state index in [1.807, 2.05) is 11.0 Å². The van der Waals surface area contributed by atoms with Crippen LogP contribution in [0.4, 0.5) is 0 Å². The van der Waals surface area contributed by atoms with E-state index in [1.54, 1.807) is 13.8 Å². The van der Waals surface area contributed by atoms with Gasteiger partial charge in [0.25, 0.3) is 0 Å². The Morgan fingerprint density at radius 1 is 1.56 bits per heavy atom. The third-order valence-electron chi connectivity index (χ3n) is 3.30. The molecule has 1 aliphatic heterocycles. The fraction of sp³-hybridized carbons (Fsp3) is 0.667. The number of ether oxygens (including phenoxy) is 1. The molecule has 0 aromatic rings. The summed E-state index contributed by atoms with van der Waals surface area (Å²) >= 11 is 0. The van der Waals surface area contributed by atoms with Gasteiger partial charge in [-0.25, -0.2) is 4.79 Å². The van der Waals surface area contributed by atoms with Crippen molar-refractivity contribution in [3.63, 3.8) is 0 Å². The fourth-order valence-corrected chi connectivity index (χ4v) is 2.59. The highest BCUT2D eigenvalue weighted by atomic mass is 16.5. The summed E-state index contributed by atoms with van der Waals surface area (Å²) in [4.78, 5) is 24.7. The lowest BCUT2D eigenvalue weighted by Gasteiger charge is -2.15. The zero-order chi connectivity index (χ0) is 11.9. The Morgan fingerprint density at radius 3 is 2.81 bits per heavy atom. The highest BCUT2D eigenvalue weighted by molar-refractivity contribution is 5.90. The standard InChI is InChI=1S/C12H17NO3/c1-4-16-12(15)9-5-7(2)11-10(6-9)13(11)8(3)14/h6-7,10-11H,4-5H2,1-3H3/t7-,10?,11+,13?/m0/s1. The minimum atomic E-state index is -0.233. The molecule has 0 aromatic carbocycles. The molecule has 0 bridgehead atoms. The molecule has 2 rings (SSSR count). The van der Waals surface area contributed by atoms with Crippen molar-refractivity contribution in [3.05, 3.63) is 11.6 Å². The molecule has 1 amide bonds. The van der Waals surface area contributed by atoms with E-state index >= 15 is 0 Å². The van der Waals surface area contributed by atoms with Crippen LogP contribution in [0.2, 0.25) is 0 Å². The quantitative estimate of drug-likeness (QED) is 0.520. The van der Waals surface area contributed by atoms with Crippen LogP contribution in [-0.4, -0.2) is 35.5 Å². The molecule has 0 spiro atoms. The number of fused-ring (bicyclic) bond motifs is 1. The van der Waals surface area contributed by atoms with Gasteiger partial charge in [-0.2, -0.15) is 0 Å². The van der Waals surface area contributed by atoms with E-state index in [0.29, 0.717) is 25.0 Å². The van der Waals surface area contributed by atoms with Gasteiger partial charge in [0.15, 0.2) is 0 Å². The van der Waals surface area contributed by atoms with Gasteiger partial charge in [0, 0.05) is 12.5 Å². The maximum atomic E-state index is 11.6. The molecular weight excluding hydrogens is 206 g/mol. The minimum Gasteiger partial charge on any atom is -0.463 e. The number of nitrogens with zero attached hydrogens (tertiary/aromatic N) is 1. The largest absolute Gasteiger partial charge is 0.463 e. The van der Waals surface area contributed by atoms with E-state index in [4.69, 9.17) is 4.74 Å². The van der Waals surface area contributed by atoms with Gasteiger partial charge in [-0.3, -0.25) is 4.79 Å². The smallest absolute Gasteiger partial charge is 0.333 e. The first-order valence-electron chi connectivity index (χ1n) is 5.73. The molecule has 2 aliphatic rings. The van der Waals surface area contributed by atoms with Crippen LogP contribution in [0.15, 0.2) is 11.6 Å². The molecule has 4 heteroatoms. The second-order valence-electron chi connectivity index (χ2n) is 4.50. The number of carbonyl (C=O) groups is 2. The van der Waals surface area contributed by atoms with Gasteiger partial charge in [0.1, 0.15) is 0 Å². The Bertz CT molecular complexity index is 361. The third-order valence-corrected chi connectivity index (χ3v) is 3.30. The summed E-state index contributed by atoms with van der Waals surface area (Å²) in [6.45, 7) is 5.84. The van der Waals surface area contributed by atoms with Crippen LogP contribution < -0.4 is 0 Å². The summed E-state index contributed by atoms with van der Waals surface area (Å²) in [5.41, 5.74) is 0.722. The van der Waals surface area contributed by atoms with Crippen LogP contribution in [0.25, 0.3) is 0 Å². The summed E-state index contributed by atoms with van der Waals surface area (Å²) in [6.07, 6.45) is 2.60. The lowest BCUT2D eigenvalue weighted by atomic mass is 9.90. The Kier molecular flexibility index (Phi) is 2.74. The number of rotatable bonds is 2. The summed E-state index contributed by atoms with van der Waals surface area (Å²) in [7, 11) is 0. The average Bonchev–Trinajstić information content (AvgIpc) is 2.92. The lowest BCUT2D eigenvalue weighted by Crippen LogP contribution is -2.19. The Balaban J connectivity index is 2.11. The summed E-state index contributed by atoms with van der Waals surface area (Å²) in [5, 5.41) is 0. The molecule has 16 heavy (non-hydrogen) atoms. The molecule has 0 saturated carbocycles. The molecule has 88 valence electrons. The Hall–Kier alpha value is -1.32. The first kappa shape index (κ1) is 11.2. The number of carbonyl (C=O) groups excluding carboxylic acids is 2. The van der Waals surface area contributed by atoms with Crippen LogP contribution in [-0.2, 0) is 14.3 Å². The zero-order valence-corrected chi connectivity index (χ0v) is 9.90. The molecule has 1 saturated heterocycles. The second kappa shape index (κ2) is 3.92. The topological polar surface area (TPSA) is 46.4 Å². The monoisotopic (exact) mass is 223 g/mol. The van der Waals surface area contributed by atoms with E-state index in [0.717, 1.165) is 5.57 Å². The van der Waals surface area contributed by atoms with Crippen LogP contribution in [0.5, 0.6) is 0 Å². The molecule has 0 radical (unpaired) electrons. The normalized spacial score (nSPS) is 31.6. The van der Waals surface area contributed by atoms with Crippen molar-refractivity contribution in [2.45, 2.75) is 39.3 Å². The number of amides is 1. The molecule has 3 atom stereocenters. The van der Waals surface area contributed by atoms with Crippen LogP contribution in [0.1, 0.15) is 27.2 Å². The average molecular weight is 223 g/mol. The lowest BCUT2D eigenvalue weighted by molar-refractivity contribution is -0.138. The molecule has 1 heterocycles. The predicted octanol–water partition coefficient (Wildman–Crippen LogP) is 1.11. The van der Waals surface area contributed by atoms with Gasteiger partial charge in [0.05, 0.1) is 18.7 Å². The first-order chi connectivity index (χ1) is 7.56. The number of hydrogen-bond acceptors (Lipinski definition) is 3. The van der Waals surface area contributed by atoms with Gasteiger partial charge < -0.3 is 9.64 Å². The molecule has 1 fully saturated rings. The molecule has 4 nitrogen and oxygen atoms in total. The maximum Gasteiger partial charge on any atom is 0.333 e. The molecule has 1 aliphatic carbocycles. The van der Waals surface area contributed by atoms with E-state index < -0.39 is 0 Å². The van der Waals surface area contributed by atoms with Gasteiger partial charge >= 0.3 is 5.97 Å².